The van der Waals surface area contributed by atoms with E-state index < -0.39 is 11.5 Å². The van der Waals surface area contributed by atoms with Crippen LogP contribution in [-0.2, 0) is 0 Å². The molecular formula is C24H17O2Sb-2. The van der Waals surface area contributed by atoms with Crippen molar-refractivity contribution in [3.8, 4) is 11.5 Å². The maximum atomic E-state index is 10.3. The van der Waals surface area contributed by atoms with Crippen LogP contribution in [0.4, 0.5) is 0 Å². The number of hydrogen-bond acceptors (Lipinski definition) is 2. The van der Waals surface area contributed by atoms with E-state index in [2.05, 4.69) is 17.9 Å². The Morgan fingerprint density at radius 1 is 0.889 bits per heavy atom. The van der Waals surface area contributed by atoms with Crippen LogP contribution in [0.2, 0.25) is 0 Å². The van der Waals surface area contributed by atoms with Gasteiger partial charge in [0.1, 0.15) is 5.57 Å². The molecule has 0 N–H and O–H groups in total. The fraction of sp³-hybridized carbons (Fsp3) is 0. The summed E-state index contributed by atoms with van der Waals surface area (Å²) in [5.41, 5.74) is 5.34. The summed E-state index contributed by atoms with van der Waals surface area (Å²) in [6, 6.07) is 18.1. The molecule has 0 aliphatic heterocycles. The van der Waals surface area contributed by atoms with E-state index in [9.17, 15) is 10.2 Å². The zero-order chi connectivity index (χ0) is 18.5. The summed E-state index contributed by atoms with van der Waals surface area (Å²) in [6.45, 7) is 0. The number of para-hydroxylation sites is 2. The van der Waals surface area contributed by atoms with Crippen molar-refractivity contribution >= 4 is 24.4 Å². The number of rotatable bonds is 1. The maximum absolute atomic E-state index is 10.3. The zero-order valence-corrected chi connectivity index (χ0v) is 17.1. The summed E-state index contributed by atoms with van der Waals surface area (Å²) in [4.78, 5) is 0. The second-order valence-electron chi connectivity index (χ2n) is 5.08. The summed E-state index contributed by atoms with van der Waals surface area (Å²) in [7, 11) is 0. The quantitative estimate of drug-likeness (QED) is 0.372. The molecule has 3 heteroatoms. The van der Waals surface area contributed by atoms with E-state index in [4.69, 9.17) is 0 Å². The molecule has 0 amide bonds. The third kappa shape index (κ3) is 8.86. The Morgan fingerprint density at radius 2 is 1.59 bits per heavy atom. The van der Waals surface area contributed by atoms with Crippen molar-refractivity contribution in [1.29, 1.82) is 0 Å². The van der Waals surface area contributed by atoms with Crippen molar-refractivity contribution in [3.05, 3.63) is 133 Å². The first-order chi connectivity index (χ1) is 12.8. The van der Waals surface area contributed by atoms with Gasteiger partial charge in [0.05, 0.1) is 6.08 Å². The molecule has 132 valence electrons. The predicted octanol–water partition coefficient (Wildman–Crippen LogP) is 3.64. The van der Waals surface area contributed by atoms with Crippen LogP contribution in [0.1, 0.15) is 0 Å². The van der Waals surface area contributed by atoms with Gasteiger partial charge in [0.2, 0.25) is 0 Å². The van der Waals surface area contributed by atoms with Crippen LogP contribution < -0.4 is 10.2 Å². The van der Waals surface area contributed by atoms with E-state index in [1.165, 1.54) is 12.1 Å². The third-order valence-electron chi connectivity index (χ3n) is 3.16. The summed E-state index contributed by atoms with van der Waals surface area (Å²) >= 11 is 0. The first kappa shape index (κ1) is 22.2. The second kappa shape index (κ2) is 13.3. The molecule has 4 rings (SSSR count). The third-order valence-corrected chi connectivity index (χ3v) is 3.16. The van der Waals surface area contributed by atoms with Gasteiger partial charge in [0, 0.05) is 48.7 Å². The van der Waals surface area contributed by atoms with Gasteiger partial charge in [-0.1, -0.05) is 54.6 Å². The molecule has 0 spiro atoms. The molecule has 0 saturated carbocycles. The molecule has 2 aliphatic rings. The summed E-state index contributed by atoms with van der Waals surface area (Å²) in [5, 5.41) is 20.6. The minimum atomic E-state index is -0.437. The first-order valence-corrected chi connectivity index (χ1v) is 8.05. The Labute approximate surface area is 178 Å². The molecule has 2 nitrogen and oxygen atoms in total. The van der Waals surface area contributed by atoms with Crippen molar-refractivity contribution in [3.63, 3.8) is 0 Å². The van der Waals surface area contributed by atoms with Gasteiger partial charge in [-0.2, -0.15) is 12.5 Å². The summed E-state index contributed by atoms with van der Waals surface area (Å²) in [6.07, 6.45) is 19.0. The molecule has 2 aliphatic carbocycles. The van der Waals surface area contributed by atoms with E-state index >= 15 is 0 Å². The first-order valence-electron chi connectivity index (χ1n) is 8.05. The van der Waals surface area contributed by atoms with Crippen molar-refractivity contribution in [2.45, 2.75) is 0 Å². The Hall–Kier alpha value is -2.88. The normalized spacial score (nSPS) is 12.4. The molecule has 0 aromatic heterocycles. The second-order valence-corrected chi connectivity index (χ2v) is 5.08. The number of allylic oxidation sites excluding steroid dienone is 9. The van der Waals surface area contributed by atoms with E-state index in [0.29, 0.717) is 0 Å². The van der Waals surface area contributed by atoms with Crippen LogP contribution in [0.25, 0.3) is 0 Å². The van der Waals surface area contributed by atoms with Gasteiger partial charge < -0.3 is 10.2 Å². The molecule has 0 fully saturated rings. The molecule has 0 heterocycles. The molecule has 4 radical (unpaired) electrons. The molecular weight excluding hydrogens is 442 g/mol. The van der Waals surface area contributed by atoms with Gasteiger partial charge >= 0.3 is 0 Å². The van der Waals surface area contributed by atoms with E-state index in [1.807, 2.05) is 79.3 Å². The standard InChI is InChI=1S/C12H8.C6H6O2.C6H5.Sb/c1-3-7-11(8-4-1)12-9-5-2-6-10-12;7-5-3-1-2-4-6(5)8;1-2-4-6-5-3-1;/h1-7,9H;1-4,7-8H;1-5H;/p-2. The maximum Gasteiger partial charge on any atom is 0.137 e. The average molecular weight is 459 g/mol. The van der Waals surface area contributed by atoms with Crippen LogP contribution in [0.15, 0.2) is 114 Å². The van der Waals surface area contributed by atoms with Crippen molar-refractivity contribution in [1.82, 2.24) is 0 Å². The van der Waals surface area contributed by atoms with Crippen LogP contribution in [0.3, 0.4) is 0 Å². The summed E-state index contributed by atoms with van der Waals surface area (Å²) in [5.74, 6) is -0.875. The van der Waals surface area contributed by atoms with Crippen molar-refractivity contribution < 1.29 is 10.2 Å². The van der Waals surface area contributed by atoms with E-state index in [0.717, 1.165) is 11.1 Å². The van der Waals surface area contributed by atoms with Crippen LogP contribution in [0.5, 0.6) is 11.5 Å². The molecule has 2 aromatic rings. The Balaban J connectivity index is 0.000000212. The molecule has 2 aromatic carbocycles. The van der Waals surface area contributed by atoms with E-state index in [1.54, 1.807) is 12.1 Å². The Morgan fingerprint density at radius 3 is 2.00 bits per heavy atom. The van der Waals surface area contributed by atoms with Gasteiger partial charge in [0.15, 0.2) is 0 Å². The molecule has 0 unspecified atom stereocenters. The van der Waals surface area contributed by atoms with E-state index in [-0.39, 0.29) is 24.4 Å². The predicted molar refractivity (Wildman–Crippen MR) is 106 cm³/mol. The zero-order valence-electron chi connectivity index (χ0n) is 14.6. The molecule has 0 bridgehead atoms. The monoisotopic (exact) mass is 458 g/mol. The fourth-order valence-electron chi connectivity index (χ4n) is 1.91. The molecule has 0 atom stereocenters. The molecule has 27 heavy (non-hydrogen) atoms. The van der Waals surface area contributed by atoms with Crippen molar-refractivity contribution in [2.24, 2.45) is 0 Å². The Kier molecular flexibility index (Phi) is 10.9. The largest absolute Gasteiger partial charge is 0.873 e. The van der Waals surface area contributed by atoms with Crippen LogP contribution >= 0.6 is 0 Å². The van der Waals surface area contributed by atoms with Crippen molar-refractivity contribution in [2.75, 3.05) is 0 Å². The number of hydrogen-bond donors (Lipinski definition) is 0. The minimum absolute atomic E-state index is 0. The SMILES string of the molecule is C1=C[CH-]C=CC=1C1=CC=CC=[C+]1.[O-]c1ccccc1[O-].[Sb].[c]1ccccc1. The number of benzene rings is 2. The van der Waals surface area contributed by atoms with Crippen LogP contribution in [0, 0.1) is 18.6 Å². The topological polar surface area (TPSA) is 46.1 Å². The van der Waals surface area contributed by atoms with Gasteiger partial charge in [-0.3, -0.25) is 0 Å². The van der Waals surface area contributed by atoms with Gasteiger partial charge in [-0.15, -0.1) is 23.7 Å². The van der Waals surface area contributed by atoms with Gasteiger partial charge in [0.25, 0.3) is 0 Å². The van der Waals surface area contributed by atoms with Crippen LogP contribution in [-0.4, -0.2) is 24.4 Å². The smallest absolute Gasteiger partial charge is 0.137 e. The average Bonchev–Trinajstić information content (AvgIpc) is 2.74. The van der Waals surface area contributed by atoms with Gasteiger partial charge in [-0.25, -0.2) is 5.73 Å². The van der Waals surface area contributed by atoms with Gasteiger partial charge in [-0.05, 0) is 11.6 Å². The minimum Gasteiger partial charge on any atom is -0.873 e. The Bertz CT molecular complexity index is 821. The molecule has 0 saturated heterocycles. The fourth-order valence-corrected chi connectivity index (χ4v) is 1.91. The summed E-state index contributed by atoms with van der Waals surface area (Å²) < 4.78 is 0.